The number of thioether (sulfide) groups is 1. The molecule has 0 unspecified atom stereocenters. The van der Waals surface area contributed by atoms with Crippen molar-refractivity contribution in [2.75, 3.05) is 16.4 Å². The van der Waals surface area contributed by atoms with Crippen molar-refractivity contribution in [2.45, 2.75) is 5.75 Å². The number of anilines is 2. The molecule has 0 fully saturated rings. The highest BCUT2D eigenvalue weighted by Crippen LogP contribution is 2.16. The zero-order valence-electron chi connectivity index (χ0n) is 15.6. The molecule has 0 saturated heterocycles. The Morgan fingerprint density at radius 2 is 1.59 bits per heavy atom. The van der Waals surface area contributed by atoms with E-state index in [0.717, 1.165) is 11.3 Å². The van der Waals surface area contributed by atoms with Crippen LogP contribution in [0.1, 0.15) is 21.5 Å². The van der Waals surface area contributed by atoms with Gasteiger partial charge in [0, 0.05) is 22.7 Å². The first-order chi connectivity index (χ1) is 14.1. The fourth-order valence-corrected chi connectivity index (χ4v) is 3.39. The maximum absolute atomic E-state index is 12.3. The molecule has 29 heavy (non-hydrogen) atoms. The molecule has 0 aliphatic carbocycles. The Balaban J connectivity index is 1.45. The lowest BCUT2D eigenvalue weighted by molar-refractivity contribution is -0.113. The van der Waals surface area contributed by atoms with E-state index in [-0.39, 0.29) is 11.8 Å². The van der Waals surface area contributed by atoms with Gasteiger partial charge in [0.15, 0.2) is 0 Å². The highest BCUT2D eigenvalue weighted by molar-refractivity contribution is 7.99. The van der Waals surface area contributed by atoms with E-state index in [0.29, 0.717) is 28.3 Å². The number of rotatable bonds is 7. The van der Waals surface area contributed by atoms with Crippen LogP contribution in [0.4, 0.5) is 11.4 Å². The molecule has 5 nitrogen and oxygen atoms in total. The monoisotopic (exact) mass is 401 g/mol. The molecule has 2 amide bonds. The average Bonchev–Trinajstić information content (AvgIpc) is 2.75. The summed E-state index contributed by atoms with van der Waals surface area (Å²) in [5.74, 6) is 0.678. The summed E-state index contributed by atoms with van der Waals surface area (Å²) >= 11 is 1.48. The minimum absolute atomic E-state index is 0.121. The van der Waals surface area contributed by atoms with Gasteiger partial charge in [0.2, 0.25) is 5.91 Å². The third-order valence-electron chi connectivity index (χ3n) is 4.03. The maximum atomic E-state index is 12.3. The number of carbonyl (C=O) groups excluding carboxylic acids is 2. The molecule has 0 heterocycles. The molecule has 6 heteroatoms. The van der Waals surface area contributed by atoms with Crippen LogP contribution in [0, 0.1) is 11.3 Å². The lowest BCUT2D eigenvalue weighted by atomic mass is 10.1. The van der Waals surface area contributed by atoms with E-state index < -0.39 is 0 Å². The smallest absolute Gasteiger partial charge is 0.255 e. The molecule has 0 bridgehead atoms. The van der Waals surface area contributed by atoms with Crippen LogP contribution in [0.15, 0.2) is 78.9 Å². The second-order valence-electron chi connectivity index (χ2n) is 6.25. The minimum atomic E-state index is -0.158. The van der Waals surface area contributed by atoms with Crippen LogP contribution in [0.5, 0.6) is 0 Å². The number of carbonyl (C=O) groups is 2. The van der Waals surface area contributed by atoms with Crippen molar-refractivity contribution in [1.82, 2.24) is 0 Å². The summed E-state index contributed by atoms with van der Waals surface area (Å²) < 4.78 is 0. The second kappa shape index (κ2) is 10.1. The summed E-state index contributed by atoms with van der Waals surface area (Å²) in [5.41, 5.74) is 3.49. The van der Waals surface area contributed by atoms with Crippen molar-refractivity contribution >= 4 is 35.0 Å². The van der Waals surface area contributed by atoms with Gasteiger partial charge in [0.1, 0.15) is 0 Å². The number of nitriles is 1. The fraction of sp³-hybridized carbons (Fsp3) is 0.0870. The highest BCUT2D eigenvalue weighted by Gasteiger charge is 2.07. The predicted octanol–water partition coefficient (Wildman–Crippen LogP) is 4.68. The first-order valence-corrected chi connectivity index (χ1v) is 10.1. The summed E-state index contributed by atoms with van der Waals surface area (Å²) in [6, 6.07) is 25.5. The van der Waals surface area contributed by atoms with Crippen LogP contribution >= 0.6 is 11.8 Å². The van der Waals surface area contributed by atoms with E-state index in [1.165, 1.54) is 11.8 Å². The third kappa shape index (κ3) is 6.23. The summed E-state index contributed by atoms with van der Waals surface area (Å²) in [7, 11) is 0. The van der Waals surface area contributed by atoms with Gasteiger partial charge in [0.05, 0.1) is 17.4 Å². The van der Waals surface area contributed by atoms with Crippen LogP contribution in [0.3, 0.4) is 0 Å². The molecule has 3 aromatic carbocycles. The predicted molar refractivity (Wildman–Crippen MR) is 117 cm³/mol. The van der Waals surface area contributed by atoms with E-state index in [1.54, 1.807) is 36.4 Å². The topological polar surface area (TPSA) is 82.0 Å². The van der Waals surface area contributed by atoms with Gasteiger partial charge in [-0.2, -0.15) is 5.26 Å². The lowest BCUT2D eigenvalue weighted by Gasteiger charge is -2.07. The Bertz CT molecular complexity index is 1030. The van der Waals surface area contributed by atoms with Gasteiger partial charge in [-0.25, -0.2) is 0 Å². The normalized spacial score (nSPS) is 10.0. The quantitative estimate of drug-likeness (QED) is 0.602. The summed E-state index contributed by atoms with van der Waals surface area (Å²) in [4.78, 5) is 24.3. The first-order valence-electron chi connectivity index (χ1n) is 8.97. The zero-order valence-corrected chi connectivity index (χ0v) is 16.4. The van der Waals surface area contributed by atoms with Gasteiger partial charge in [-0.1, -0.05) is 36.4 Å². The molecule has 3 aromatic rings. The van der Waals surface area contributed by atoms with Gasteiger partial charge >= 0.3 is 0 Å². The molecule has 144 valence electrons. The van der Waals surface area contributed by atoms with Crippen molar-refractivity contribution in [1.29, 1.82) is 5.26 Å². The number of hydrogen-bond acceptors (Lipinski definition) is 4. The van der Waals surface area contributed by atoms with Crippen LogP contribution in [0.25, 0.3) is 0 Å². The lowest BCUT2D eigenvalue weighted by Crippen LogP contribution is -2.14. The van der Waals surface area contributed by atoms with E-state index in [2.05, 4.69) is 10.6 Å². The molecule has 2 N–H and O–H groups in total. The zero-order chi connectivity index (χ0) is 20.5. The van der Waals surface area contributed by atoms with Gasteiger partial charge in [0.25, 0.3) is 5.91 Å². The number of benzene rings is 3. The van der Waals surface area contributed by atoms with E-state index in [4.69, 9.17) is 5.26 Å². The van der Waals surface area contributed by atoms with Crippen molar-refractivity contribution in [3.05, 3.63) is 95.6 Å². The standard InChI is InChI=1S/C23H19N3O2S/c24-14-18-5-4-8-21(13-18)25-22(27)16-29-15-17-9-11-19(12-10-17)23(28)26-20-6-2-1-3-7-20/h1-13H,15-16H2,(H,25,27)(H,26,28). The molecule has 0 aliphatic heterocycles. The molecule has 0 radical (unpaired) electrons. The largest absolute Gasteiger partial charge is 0.325 e. The fourth-order valence-electron chi connectivity index (χ4n) is 2.60. The second-order valence-corrected chi connectivity index (χ2v) is 7.24. The Morgan fingerprint density at radius 3 is 2.31 bits per heavy atom. The number of hydrogen-bond donors (Lipinski definition) is 2. The van der Waals surface area contributed by atoms with Crippen LogP contribution in [0.2, 0.25) is 0 Å². The molecular weight excluding hydrogens is 382 g/mol. The Morgan fingerprint density at radius 1 is 0.862 bits per heavy atom. The van der Waals surface area contributed by atoms with Crippen LogP contribution < -0.4 is 10.6 Å². The van der Waals surface area contributed by atoms with Gasteiger partial charge in [-0.05, 0) is 48.0 Å². The molecule has 0 aliphatic rings. The van der Waals surface area contributed by atoms with Gasteiger partial charge < -0.3 is 10.6 Å². The molecule has 3 rings (SSSR count). The van der Waals surface area contributed by atoms with E-state index >= 15 is 0 Å². The van der Waals surface area contributed by atoms with Crippen molar-refractivity contribution in [3.8, 4) is 6.07 Å². The van der Waals surface area contributed by atoms with Crippen molar-refractivity contribution in [3.63, 3.8) is 0 Å². The maximum Gasteiger partial charge on any atom is 0.255 e. The highest BCUT2D eigenvalue weighted by atomic mass is 32.2. The minimum Gasteiger partial charge on any atom is -0.325 e. The van der Waals surface area contributed by atoms with E-state index in [1.807, 2.05) is 48.5 Å². The number of amides is 2. The van der Waals surface area contributed by atoms with Crippen LogP contribution in [-0.2, 0) is 10.5 Å². The Hall–Kier alpha value is -3.56. The summed E-state index contributed by atoms with van der Waals surface area (Å²) in [6.45, 7) is 0. The molecule has 0 saturated carbocycles. The Labute approximate surface area is 173 Å². The van der Waals surface area contributed by atoms with E-state index in [9.17, 15) is 9.59 Å². The molecule has 0 spiro atoms. The van der Waals surface area contributed by atoms with Crippen LogP contribution in [-0.4, -0.2) is 17.6 Å². The van der Waals surface area contributed by atoms with Crippen molar-refractivity contribution in [2.24, 2.45) is 0 Å². The summed E-state index contributed by atoms with van der Waals surface area (Å²) in [6.07, 6.45) is 0. The number of nitrogens with zero attached hydrogens (tertiary/aromatic N) is 1. The first kappa shape index (κ1) is 20.2. The number of para-hydroxylation sites is 1. The SMILES string of the molecule is N#Cc1cccc(NC(=O)CSCc2ccc(C(=O)Nc3ccccc3)cc2)c1. The number of nitrogens with one attached hydrogen (secondary N) is 2. The Kier molecular flexibility index (Phi) is 7.04. The third-order valence-corrected chi connectivity index (χ3v) is 5.03. The molecule has 0 atom stereocenters. The average molecular weight is 401 g/mol. The molecular formula is C23H19N3O2S. The van der Waals surface area contributed by atoms with Gasteiger partial charge in [-0.3, -0.25) is 9.59 Å². The molecule has 0 aromatic heterocycles. The van der Waals surface area contributed by atoms with Crippen molar-refractivity contribution < 1.29 is 9.59 Å². The summed E-state index contributed by atoms with van der Waals surface area (Å²) in [5, 5.41) is 14.5. The van der Waals surface area contributed by atoms with Gasteiger partial charge in [-0.15, -0.1) is 11.8 Å².